The number of azo groups is 1. The number of hydrogen-bond acceptors (Lipinski definition) is 5. The molecule has 0 heterocycles. The molecular formula is C24H34N2O3. The highest BCUT2D eigenvalue weighted by Crippen LogP contribution is 2.22. The second kappa shape index (κ2) is 14.6. The first-order valence-corrected chi connectivity index (χ1v) is 10.8. The number of phenolic OH excluding ortho intramolecular Hbond substituents is 1. The Labute approximate surface area is 174 Å². The molecule has 0 aliphatic heterocycles. The average Bonchev–Trinajstić information content (AvgIpc) is 2.75. The highest BCUT2D eigenvalue weighted by Gasteiger charge is 1.97. The summed E-state index contributed by atoms with van der Waals surface area (Å²) in [4.78, 5) is 0. The van der Waals surface area contributed by atoms with Crippen LogP contribution in [0.3, 0.4) is 0 Å². The standard InChI is InChI=1S/C24H34N2O3/c27-19-9-7-5-3-1-2-4-6-8-10-20-29-24-17-13-22(14-18-24)26-25-21-11-15-23(28)16-12-21/h11-18,27-28H,1-10,19-20H2. The molecule has 0 aliphatic carbocycles. The second-order valence-corrected chi connectivity index (χ2v) is 7.32. The zero-order valence-corrected chi connectivity index (χ0v) is 17.3. The van der Waals surface area contributed by atoms with Crippen molar-refractivity contribution in [2.24, 2.45) is 10.2 Å². The number of unbranched alkanes of at least 4 members (excludes halogenated alkanes) is 9. The van der Waals surface area contributed by atoms with Gasteiger partial charge in [-0.15, -0.1) is 0 Å². The normalized spacial score (nSPS) is 11.2. The fourth-order valence-electron chi connectivity index (χ4n) is 3.06. The summed E-state index contributed by atoms with van der Waals surface area (Å²) >= 11 is 0. The molecule has 0 atom stereocenters. The fraction of sp³-hybridized carbons (Fsp3) is 0.500. The van der Waals surface area contributed by atoms with Gasteiger partial charge < -0.3 is 14.9 Å². The van der Waals surface area contributed by atoms with Crippen LogP contribution in [0.2, 0.25) is 0 Å². The Hall–Kier alpha value is -2.40. The van der Waals surface area contributed by atoms with Crippen LogP contribution in [0.1, 0.15) is 64.2 Å². The largest absolute Gasteiger partial charge is 0.508 e. The molecule has 0 fully saturated rings. The van der Waals surface area contributed by atoms with Crippen molar-refractivity contribution < 1.29 is 14.9 Å². The molecule has 0 radical (unpaired) electrons. The molecule has 0 aliphatic rings. The molecule has 0 bridgehead atoms. The van der Waals surface area contributed by atoms with Crippen LogP contribution in [-0.2, 0) is 0 Å². The lowest BCUT2D eigenvalue weighted by atomic mass is 10.1. The number of hydrogen-bond donors (Lipinski definition) is 2. The van der Waals surface area contributed by atoms with Gasteiger partial charge in [0.2, 0.25) is 0 Å². The number of phenols is 1. The van der Waals surface area contributed by atoms with Gasteiger partial charge in [-0.25, -0.2) is 0 Å². The van der Waals surface area contributed by atoms with Crippen LogP contribution >= 0.6 is 0 Å². The van der Waals surface area contributed by atoms with E-state index in [1.807, 2.05) is 24.3 Å². The van der Waals surface area contributed by atoms with E-state index in [1.54, 1.807) is 24.3 Å². The van der Waals surface area contributed by atoms with E-state index in [-0.39, 0.29) is 5.75 Å². The maximum atomic E-state index is 9.27. The van der Waals surface area contributed by atoms with E-state index in [1.165, 1.54) is 44.9 Å². The predicted octanol–water partition coefficient (Wildman–Crippen LogP) is 7.08. The van der Waals surface area contributed by atoms with Crippen molar-refractivity contribution in [1.29, 1.82) is 0 Å². The molecule has 2 N–H and O–H groups in total. The number of ether oxygens (including phenoxy) is 1. The van der Waals surface area contributed by atoms with Crippen LogP contribution < -0.4 is 4.74 Å². The van der Waals surface area contributed by atoms with Crippen molar-refractivity contribution in [2.75, 3.05) is 13.2 Å². The highest BCUT2D eigenvalue weighted by molar-refractivity contribution is 5.43. The minimum absolute atomic E-state index is 0.218. The van der Waals surface area contributed by atoms with E-state index in [2.05, 4.69) is 10.2 Å². The number of aliphatic hydroxyl groups is 1. The molecule has 5 nitrogen and oxygen atoms in total. The molecule has 29 heavy (non-hydrogen) atoms. The minimum atomic E-state index is 0.218. The van der Waals surface area contributed by atoms with Gasteiger partial charge >= 0.3 is 0 Å². The predicted molar refractivity (Wildman–Crippen MR) is 117 cm³/mol. The Bertz CT molecular complexity index is 684. The zero-order valence-electron chi connectivity index (χ0n) is 17.3. The van der Waals surface area contributed by atoms with Gasteiger partial charge in [0.05, 0.1) is 18.0 Å². The van der Waals surface area contributed by atoms with Gasteiger partial charge in [0.25, 0.3) is 0 Å². The molecule has 5 heteroatoms. The summed E-state index contributed by atoms with van der Waals surface area (Å²) in [7, 11) is 0. The van der Waals surface area contributed by atoms with Gasteiger partial charge in [-0.2, -0.15) is 10.2 Å². The lowest BCUT2D eigenvalue weighted by molar-refractivity contribution is 0.282. The fourth-order valence-corrected chi connectivity index (χ4v) is 3.06. The summed E-state index contributed by atoms with van der Waals surface area (Å²) < 4.78 is 5.80. The third-order valence-corrected chi connectivity index (χ3v) is 4.79. The molecule has 2 aromatic rings. The summed E-state index contributed by atoms with van der Waals surface area (Å²) in [6.45, 7) is 1.08. The molecule has 2 aromatic carbocycles. The minimum Gasteiger partial charge on any atom is -0.508 e. The average molecular weight is 399 g/mol. The van der Waals surface area contributed by atoms with Crippen molar-refractivity contribution >= 4 is 11.4 Å². The summed E-state index contributed by atoms with van der Waals surface area (Å²) in [5, 5.41) is 26.3. The van der Waals surface area contributed by atoms with E-state index in [0.29, 0.717) is 12.3 Å². The molecule has 0 spiro atoms. The molecule has 0 aromatic heterocycles. The molecule has 0 amide bonds. The Morgan fingerprint density at radius 2 is 1.03 bits per heavy atom. The number of nitrogens with zero attached hydrogens (tertiary/aromatic N) is 2. The van der Waals surface area contributed by atoms with E-state index in [9.17, 15) is 5.11 Å². The number of rotatable bonds is 15. The molecular weight excluding hydrogens is 364 g/mol. The van der Waals surface area contributed by atoms with Gasteiger partial charge in [0.1, 0.15) is 11.5 Å². The van der Waals surface area contributed by atoms with E-state index in [0.717, 1.165) is 37.3 Å². The van der Waals surface area contributed by atoms with Crippen LogP contribution in [-0.4, -0.2) is 23.4 Å². The van der Waals surface area contributed by atoms with Gasteiger partial charge in [-0.3, -0.25) is 0 Å². The van der Waals surface area contributed by atoms with Gasteiger partial charge in [0.15, 0.2) is 0 Å². The van der Waals surface area contributed by atoms with Crippen LogP contribution in [0.15, 0.2) is 58.8 Å². The Kier molecular flexibility index (Phi) is 11.5. The van der Waals surface area contributed by atoms with Crippen molar-refractivity contribution in [3.05, 3.63) is 48.5 Å². The van der Waals surface area contributed by atoms with Crippen LogP contribution in [0.4, 0.5) is 11.4 Å². The number of benzene rings is 2. The van der Waals surface area contributed by atoms with E-state index < -0.39 is 0 Å². The Balaban J connectivity index is 1.51. The number of aromatic hydroxyl groups is 1. The second-order valence-electron chi connectivity index (χ2n) is 7.32. The SMILES string of the molecule is OCCCCCCCCCCCCOc1ccc(N=Nc2ccc(O)cc2)cc1. The summed E-state index contributed by atoms with van der Waals surface area (Å²) in [5.74, 6) is 1.08. The van der Waals surface area contributed by atoms with Crippen molar-refractivity contribution in [1.82, 2.24) is 0 Å². The van der Waals surface area contributed by atoms with Crippen LogP contribution in [0.25, 0.3) is 0 Å². The van der Waals surface area contributed by atoms with Gasteiger partial charge in [-0.05, 0) is 61.4 Å². The first-order valence-electron chi connectivity index (χ1n) is 10.8. The molecule has 0 unspecified atom stereocenters. The first-order chi connectivity index (χ1) is 14.3. The third kappa shape index (κ3) is 10.6. The van der Waals surface area contributed by atoms with Crippen molar-refractivity contribution in [3.8, 4) is 11.5 Å². The topological polar surface area (TPSA) is 74.4 Å². The smallest absolute Gasteiger partial charge is 0.119 e. The Morgan fingerprint density at radius 3 is 1.55 bits per heavy atom. The lowest BCUT2D eigenvalue weighted by Crippen LogP contribution is -1.96. The third-order valence-electron chi connectivity index (χ3n) is 4.79. The first kappa shape index (κ1) is 22.9. The lowest BCUT2D eigenvalue weighted by Gasteiger charge is -2.06. The van der Waals surface area contributed by atoms with E-state index in [4.69, 9.17) is 9.84 Å². The maximum Gasteiger partial charge on any atom is 0.119 e. The van der Waals surface area contributed by atoms with Crippen LogP contribution in [0.5, 0.6) is 11.5 Å². The Morgan fingerprint density at radius 1 is 0.586 bits per heavy atom. The van der Waals surface area contributed by atoms with Crippen LogP contribution in [0, 0.1) is 0 Å². The molecule has 2 rings (SSSR count). The van der Waals surface area contributed by atoms with Crippen molar-refractivity contribution in [2.45, 2.75) is 64.2 Å². The summed E-state index contributed by atoms with van der Waals surface area (Å²) in [5.41, 5.74) is 1.46. The summed E-state index contributed by atoms with van der Waals surface area (Å²) in [6.07, 6.45) is 12.2. The van der Waals surface area contributed by atoms with Gasteiger partial charge in [-0.1, -0.05) is 51.4 Å². The molecule has 0 saturated carbocycles. The van der Waals surface area contributed by atoms with E-state index >= 15 is 0 Å². The molecule has 158 valence electrons. The number of aliphatic hydroxyl groups excluding tert-OH is 1. The zero-order chi connectivity index (χ0) is 20.6. The van der Waals surface area contributed by atoms with Crippen molar-refractivity contribution in [3.63, 3.8) is 0 Å². The monoisotopic (exact) mass is 398 g/mol. The molecule has 0 saturated heterocycles. The highest BCUT2D eigenvalue weighted by atomic mass is 16.5. The summed E-state index contributed by atoms with van der Waals surface area (Å²) in [6, 6.07) is 14.2. The maximum absolute atomic E-state index is 9.27. The van der Waals surface area contributed by atoms with Gasteiger partial charge in [0, 0.05) is 6.61 Å². The quantitative estimate of drug-likeness (QED) is 0.249.